The van der Waals surface area contributed by atoms with Crippen LogP contribution >= 0.6 is 0 Å². The molecule has 1 aromatic carbocycles. The Hall–Kier alpha value is -1.73. The summed E-state index contributed by atoms with van der Waals surface area (Å²) in [5.41, 5.74) is 15.2. The molecule has 2 unspecified atom stereocenters. The predicted molar refractivity (Wildman–Crippen MR) is 76.6 cm³/mol. The molecule has 2 atom stereocenters. The third-order valence-electron chi connectivity index (χ3n) is 3.07. The Kier molecular flexibility index (Phi) is 4.51. The maximum absolute atomic E-state index is 9.45. The summed E-state index contributed by atoms with van der Waals surface area (Å²) in [6, 6.07) is 7.89. The molecule has 2 aromatic rings. The Morgan fingerprint density at radius 2 is 1.90 bits per heavy atom. The van der Waals surface area contributed by atoms with E-state index in [9.17, 15) is 10.2 Å². The number of aryl methyl sites for hydroxylation is 1. The monoisotopic (exact) mass is 276 g/mol. The van der Waals surface area contributed by atoms with E-state index in [1.54, 1.807) is 0 Å². The van der Waals surface area contributed by atoms with Crippen LogP contribution in [0.4, 0.5) is 0 Å². The van der Waals surface area contributed by atoms with Crippen molar-refractivity contribution < 1.29 is 10.2 Å². The lowest BCUT2D eigenvalue weighted by molar-refractivity contribution is 0.175. The van der Waals surface area contributed by atoms with Gasteiger partial charge in [0.1, 0.15) is 12.5 Å². The summed E-state index contributed by atoms with van der Waals surface area (Å²) in [6.45, 7) is 2.00. The van der Waals surface area contributed by atoms with Gasteiger partial charge >= 0.3 is 0 Å². The Labute approximate surface area is 117 Å². The largest absolute Gasteiger partial charge is 0.378 e. The van der Waals surface area contributed by atoms with Crippen molar-refractivity contribution >= 4 is 0 Å². The summed E-state index contributed by atoms with van der Waals surface area (Å²) >= 11 is 0. The number of benzene rings is 1. The molecule has 0 saturated heterocycles. The van der Waals surface area contributed by atoms with Crippen LogP contribution < -0.4 is 11.5 Å². The normalized spacial score (nSPS) is 14.2. The quantitative estimate of drug-likeness (QED) is 0.493. The highest BCUT2D eigenvalue weighted by atomic mass is 16.3. The van der Waals surface area contributed by atoms with Gasteiger partial charge in [0.25, 0.3) is 0 Å². The fourth-order valence-corrected chi connectivity index (χ4v) is 2.24. The molecule has 0 aliphatic rings. The van der Waals surface area contributed by atoms with Crippen LogP contribution in [0.15, 0.2) is 24.3 Å². The highest BCUT2D eigenvalue weighted by Crippen LogP contribution is 2.26. The van der Waals surface area contributed by atoms with E-state index >= 15 is 0 Å². The fraction of sp³-hybridized carbons (Fsp3) is 0.357. The zero-order valence-electron chi connectivity index (χ0n) is 11.4. The van der Waals surface area contributed by atoms with E-state index in [0.717, 1.165) is 22.4 Å². The van der Waals surface area contributed by atoms with Crippen molar-refractivity contribution in [3.8, 4) is 11.3 Å². The topological polar surface area (TPSA) is 121 Å². The summed E-state index contributed by atoms with van der Waals surface area (Å²) in [7, 11) is 0. The Morgan fingerprint density at radius 1 is 1.20 bits per heavy atom. The number of H-pyrrole nitrogens is 1. The zero-order valence-corrected chi connectivity index (χ0v) is 11.4. The molecule has 2 rings (SSSR count). The first kappa shape index (κ1) is 14.7. The third kappa shape index (κ3) is 3.43. The minimum absolute atomic E-state index is 0.237. The average molecular weight is 276 g/mol. The van der Waals surface area contributed by atoms with Gasteiger partial charge in [0.05, 0.1) is 5.69 Å². The molecule has 0 aliphatic heterocycles. The summed E-state index contributed by atoms with van der Waals surface area (Å²) in [5.74, 6) is 0. The molecule has 1 heterocycles. The molecule has 1 aromatic heterocycles. The maximum Gasteiger partial charge on any atom is 0.108 e. The minimum Gasteiger partial charge on any atom is -0.378 e. The first-order chi connectivity index (χ1) is 9.47. The van der Waals surface area contributed by atoms with E-state index in [1.165, 1.54) is 0 Å². The summed E-state index contributed by atoms with van der Waals surface area (Å²) in [6.07, 6.45) is -1.47. The molecular formula is C14H20N4O2. The van der Waals surface area contributed by atoms with Gasteiger partial charge in [-0.05, 0) is 13.0 Å². The van der Waals surface area contributed by atoms with Gasteiger partial charge in [0.2, 0.25) is 0 Å². The Bertz CT molecular complexity index is 578. The molecule has 0 amide bonds. The number of aromatic nitrogens is 2. The number of hydrogen-bond acceptors (Lipinski definition) is 5. The Morgan fingerprint density at radius 3 is 2.50 bits per heavy atom. The van der Waals surface area contributed by atoms with Crippen LogP contribution in [0.1, 0.15) is 16.8 Å². The van der Waals surface area contributed by atoms with Crippen molar-refractivity contribution in [2.45, 2.75) is 32.2 Å². The third-order valence-corrected chi connectivity index (χ3v) is 3.07. The lowest BCUT2D eigenvalue weighted by Crippen LogP contribution is -2.25. The summed E-state index contributed by atoms with van der Waals surface area (Å²) < 4.78 is 0. The average Bonchev–Trinajstić information content (AvgIpc) is 2.71. The number of aliphatic hydroxyl groups excluding tert-OH is 2. The second kappa shape index (κ2) is 6.15. The minimum atomic E-state index is -0.982. The SMILES string of the molecule is Cc1cccc(-c2n[nH]c(CC(N)O)c2CC(N)O)c1. The first-order valence-electron chi connectivity index (χ1n) is 6.48. The van der Waals surface area contributed by atoms with E-state index in [1.807, 2.05) is 31.2 Å². The molecule has 108 valence electrons. The molecule has 6 heteroatoms. The summed E-state index contributed by atoms with van der Waals surface area (Å²) in [4.78, 5) is 0. The van der Waals surface area contributed by atoms with Crippen molar-refractivity contribution in [3.05, 3.63) is 41.1 Å². The number of rotatable bonds is 5. The van der Waals surface area contributed by atoms with Gasteiger partial charge in [-0.3, -0.25) is 5.10 Å². The van der Waals surface area contributed by atoms with Crippen LogP contribution in [0, 0.1) is 6.92 Å². The second-order valence-electron chi connectivity index (χ2n) is 4.94. The van der Waals surface area contributed by atoms with Gasteiger partial charge in [-0.2, -0.15) is 5.10 Å². The van der Waals surface area contributed by atoms with Crippen molar-refractivity contribution in [1.82, 2.24) is 10.2 Å². The molecule has 20 heavy (non-hydrogen) atoms. The molecule has 0 bridgehead atoms. The van der Waals surface area contributed by atoms with Gasteiger partial charge in [-0.1, -0.05) is 23.8 Å². The molecule has 0 aliphatic carbocycles. The highest BCUT2D eigenvalue weighted by molar-refractivity contribution is 5.65. The van der Waals surface area contributed by atoms with E-state index in [2.05, 4.69) is 10.2 Å². The lowest BCUT2D eigenvalue weighted by atomic mass is 10.00. The number of nitrogens with two attached hydrogens (primary N) is 2. The van der Waals surface area contributed by atoms with Crippen LogP contribution in [0.3, 0.4) is 0 Å². The lowest BCUT2D eigenvalue weighted by Gasteiger charge is -2.10. The van der Waals surface area contributed by atoms with Gasteiger partial charge in [-0.25, -0.2) is 0 Å². The van der Waals surface area contributed by atoms with Crippen LogP contribution in [0.25, 0.3) is 11.3 Å². The van der Waals surface area contributed by atoms with Gasteiger partial charge < -0.3 is 21.7 Å². The maximum atomic E-state index is 9.45. The number of nitrogens with one attached hydrogen (secondary N) is 1. The van der Waals surface area contributed by atoms with Gasteiger partial charge in [0.15, 0.2) is 0 Å². The molecule has 0 spiro atoms. The molecule has 7 N–H and O–H groups in total. The van der Waals surface area contributed by atoms with E-state index in [-0.39, 0.29) is 12.8 Å². The molecule has 6 nitrogen and oxygen atoms in total. The smallest absolute Gasteiger partial charge is 0.108 e. The van der Waals surface area contributed by atoms with Crippen LogP contribution in [-0.2, 0) is 12.8 Å². The molecule has 0 fully saturated rings. The van der Waals surface area contributed by atoms with Gasteiger partial charge in [-0.15, -0.1) is 0 Å². The van der Waals surface area contributed by atoms with E-state index < -0.39 is 12.5 Å². The fourth-order valence-electron chi connectivity index (χ4n) is 2.24. The predicted octanol–water partition coefficient (Wildman–Crippen LogP) is 0.0243. The number of aromatic amines is 1. The number of hydrogen-bond donors (Lipinski definition) is 5. The first-order valence-corrected chi connectivity index (χ1v) is 6.48. The van der Waals surface area contributed by atoms with Crippen molar-refractivity contribution in [2.75, 3.05) is 0 Å². The molecule has 0 radical (unpaired) electrons. The number of aliphatic hydroxyl groups is 2. The van der Waals surface area contributed by atoms with E-state index in [0.29, 0.717) is 5.69 Å². The van der Waals surface area contributed by atoms with Crippen LogP contribution in [-0.4, -0.2) is 32.9 Å². The molecule has 0 saturated carbocycles. The second-order valence-corrected chi connectivity index (χ2v) is 4.94. The van der Waals surface area contributed by atoms with Crippen molar-refractivity contribution in [1.29, 1.82) is 0 Å². The van der Waals surface area contributed by atoms with Crippen LogP contribution in [0.2, 0.25) is 0 Å². The standard InChI is InChI=1S/C14H20N4O2/c1-8-3-2-4-9(5-8)14-10(6-12(15)19)11(17-18-14)7-13(16)20/h2-5,12-13,19-20H,6-7,15-16H2,1H3,(H,17,18). The number of nitrogens with zero attached hydrogens (tertiary/aromatic N) is 1. The molecular weight excluding hydrogens is 256 g/mol. The van der Waals surface area contributed by atoms with Crippen molar-refractivity contribution in [2.24, 2.45) is 11.5 Å². The zero-order chi connectivity index (χ0) is 14.7. The summed E-state index contributed by atoms with van der Waals surface area (Å²) in [5, 5.41) is 25.9. The van der Waals surface area contributed by atoms with Crippen LogP contribution in [0.5, 0.6) is 0 Å². The van der Waals surface area contributed by atoms with E-state index in [4.69, 9.17) is 11.5 Å². The Balaban J connectivity index is 2.44. The van der Waals surface area contributed by atoms with Crippen molar-refractivity contribution in [3.63, 3.8) is 0 Å². The van der Waals surface area contributed by atoms with Gasteiger partial charge in [0, 0.05) is 29.7 Å². The highest BCUT2D eigenvalue weighted by Gasteiger charge is 2.18.